The third-order valence-corrected chi connectivity index (χ3v) is 6.03. The van der Waals surface area contributed by atoms with E-state index < -0.39 is 0 Å². The van der Waals surface area contributed by atoms with Crippen LogP contribution in [-0.2, 0) is 0 Å². The van der Waals surface area contributed by atoms with E-state index in [9.17, 15) is 0 Å². The minimum Gasteiger partial charge on any atom is -0.335 e. The van der Waals surface area contributed by atoms with E-state index in [2.05, 4.69) is 50.1 Å². The molecule has 0 N–H and O–H groups in total. The highest BCUT2D eigenvalue weighted by Crippen LogP contribution is 2.47. The lowest BCUT2D eigenvalue weighted by Crippen LogP contribution is -2.60. The Morgan fingerprint density at radius 2 is 1.61 bits per heavy atom. The van der Waals surface area contributed by atoms with Gasteiger partial charge in [-0.15, -0.1) is 0 Å². The van der Waals surface area contributed by atoms with Gasteiger partial charge < -0.3 is 4.90 Å². The molecule has 4 nitrogen and oxygen atoms in total. The molecule has 0 amide bonds. The third kappa shape index (κ3) is 2.08. The van der Waals surface area contributed by atoms with Crippen molar-refractivity contribution < 1.29 is 0 Å². The summed E-state index contributed by atoms with van der Waals surface area (Å²) in [5.41, 5.74) is 1.47. The van der Waals surface area contributed by atoms with E-state index in [1.807, 2.05) is 18.5 Å². The van der Waals surface area contributed by atoms with Gasteiger partial charge in [0, 0.05) is 30.9 Å². The fourth-order valence-electron chi connectivity index (χ4n) is 5.08. The summed E-state index contributed by atoms with van der Waals surface area (Å²) in [6.07, 6.45) is 6.39. The molecule has 1 aromatic heterocycles. The number of rotatable bonds is 2. The van der Waals surface area contributed by atoms with E-state index >= 15 is 0 Å². The van der Waals surface area contributed by atoms with Crippen molar-refractivity contribution in [1.29, 1.82) is 0 Å². The summed E-state index contributed by atoms with van der Waals surface area (Å²) < 4.78 is 0. The second kappa shape index (κ2) is 5.31. The van der Waals surface area contributed by atoms with Gasteiger partial charge in [-0.25, -0.2) is 9.97 Å². The molecule has 2 aromatic rings. The van der Waals surface area contributed by atoms with E-state index in [4.69, 9.17) is 0 Å². The number of benzene rings is 1. The van der Waals surface area contributed by atoms with Crippen molar-refractivity contribution in [1.82, 2.24) is 14.9 Å². The molecule has 0 unspecified atom stereocenters. The highest BCUT2D eigenvalue weighted by molar-refractivity contribution is 5.42. The molecule has 0 spiro atoms. The molecule has 4 saturated heterocycles. The highest BCUT2D eigenvalue weighted by atomic mass is 15.4. The normalized spacial score (nSPS) is 35.3. The standard InChI is InChI=1S/C19H22N4/c1-2-5-14(6-3-1)16-13-23(19-20-9-4-10-21-19)17-15-7-11-22(12-8-15)18(16)17/h1-6,9-10,15-18H,7-8,11-13H2/t16-,17-,18-/m1/s1. The Kier molecular flexibility index (Phi) is 3.11. The van der Waals surface area contributed by atoms with Crippen LogP contribution in [0.25, 0.3) is 0 Å². The average Bonchev–Trinajstić information content (AvgIpc) is 3.07. The van der Waals surface area contributed by atoms with Crippen molar-refractivity contribution in [2.45, 2.75) is 30.8 Å². The van der Waals surface area contributed by atoms with Crippen LogP contribution < -0.4 is 4.90 Å². The van der Waals surface area contributed by atoms with Crippen LogP contribution >= 0.6 is 0 Å². The summed E-state index contributed by atoms with van der Waals surface area (Å²) in [7, 11) is 0. The van der Waals surface area contributed by atoms with Gasteiger partial charge >= 0.3 is 0 Å². The summed E-state index contributed by atoms with van der Waals surface area (Å²) in [5, 5.41) is 0. The number of hydrogen-bond acceptors (Lipinski definition) is 4. The van der Waals surface area contributed by atoms with Crippen LogP contribution in [0, 0.1) is 5.92 Å². The van der Waals surface area contributed by atoms with Gasteiger partial charge in [0.05, 0.1) is 6.04 Å². The molecule has 3 atom stereocenters. The molecule has 4 heteroatoms. The average molecular weight is 306 g/mol. The van der Waals surface area contributed by atoms with Gasteiger partial charge in [0.2, 0.25) is 5.95 Å². The first kappa shape index (κ1) is 13.5. The molecular formula is C19H22N4. The van der Waals surface area contributed by atoms with Crippen LogP contribution in [0.3, 0.4) is 0 Å². The van der Waals surface area contributed by atoms with E-state index in [0.717, 1.165) is 18.4 Å². The Morgan fingerprint density at radius 1 is 0.870 bits per heavy atom. The van der Waals surface area contributed by atoms with Crippen LogP contribution in [0.15, 0.2) is 48.8 Å². The van der Waals surface area contributed by atoms with Gasteiger partial charge in [-0.05, 0) is 43.5 Å². The third-order valence-electron chi connectivity index (χ3n) is 6.03. The molecule has 0 radical (unpaired) electrons. The number of hydrogen-bond donors (Lipinski definition) is 0. The first-order chi connectivity index (χ1) is 11.4. The van der Waals surface area contributed by atoms with Gasteiger partial charge in [-0.3, -0.25) is 4.90 Å². The molecule has 4 fully saturated rings. The molecule has 5 heterocycles. The van der Waals surface area contributed by atoms with Gasteiger partial charge in [-0.1, -0.05) is 30.3 Å². The summed E-state index contributed by atoms with van der Waals surface area (Å²) in [5.74, 6) is 2.27. The van der Waals surface area contributed by atoms with Crippen molar-refractivity contribution in [3.63, 3.8) is 0 Å². The highest BCUT2D eigenvalue weighted by Gasteiger charge is 2.53. The maximum absolute atomic E-state index is 4.56. The van der Waals surface area contributed by atoms with Crippen LogP contribution in [-0.4, -0.2) is 46.6 Å². The Labute approximate surface area is 137 Å². The zero-order chi connectivity index (χ0) is 15.2. The number of aromatic nitrogens is 2. The molecular weight excluding hydrogens is 284 g/mol. The van der Waals surface area contributed by atoms with Crippen LogP contribution in [0.1, 0.15) is 24.3 Å². The summed E-state index contributed by atoms with van der Waals surface area (Å²) >= 11 is 0. The van der Waals surface area contributed by atoms with E-state index in [-0.39, 0.29) is 0 Å². The second-order valence-electron chi connectivity index (χ2n) is 7.07. The molecule has 6 rings (SSSR count). The van der Waals surface area contributed by atoms with Gasteiger partial charge in [-0.2, -0.15) is 0 Å². The molecule has 118 valence electrons. The summed E-state index contributed by atoms with van der Waals surface area (Å²) in [4.78, 5) is 14.3. The predicted octanol–water partition coefficient (Wildman–Crippen LogP) is 2.54. The molecule has 2 bridgehead atoms. The number of nitrogens with zero attached hydrogens (tertiary/aromatic N) is 4. The molecule has 4 aliphatic heterocycles. The Morgan fingerprint density at radius 3 is 2.35 bits per heavy atom. The lowest BCUT2D eigenvalue weighted by atomic mass is 9.75. The van der Waals surface area contributed by atoms with Crippen LogP contribution in [0.4, 0.5) is 5.95 Å². The largest absolute Gasteiger partial charge is 0.335 e. The smallest absolute Gasteiger partial charge is 0.225 e. The lowest BCUT2D eigenvalue weighted by Gasteiger charge is -2.51. The van der Waals surface area contributed by atoms with Gasteiger partial charge in [0.1, 0.15) is 0 Å². The van der Waals surface area contributed by atoms with Crippen molar-refractivity contribution in [2.24, 2.45) is 5.92 Å². The SMILES string of the molecule is c1ccc([C@H]2CN(c3ncccn3)[C@@H]3C4CCN(CC4)[C@H]23)cc1. The quantitative estimate of drug-likeness (QED) is 0.853. The molecule has 0 saturated carbocycles. The van der Waals surface area contributed by atoms with Crippen molar-refractivity contribution in [3.05, 3.63) is 54.4 Å². The van der Waals surface area contributed by atoms with Gasteiger partial charge in [0.25, 0.3) is 0 Å². The Balaban J connectivity index is 1.57. The zero-order valence-electron chi connectivity index (χ0n) is 13.3. The van der Waals surface area contributed by atoms with Crippen molar-refractivity contribution in [3.8, 4) is 0 Å². The molecule has 1 aromatic carbocycles. The maximum atomic E-state index is 4.56. The van der Waals surface area contributed by atoms with E-state index in [1.165, 1.54) is 31.5 Å². The van der Waals surface area contributed by atoms with Gasteiger partial charge in [0.15, 0.2) is 0 Å². The Bertz CT molecular complexity index is 607. The van der Waals surface area contributed by atoms with E-state index in [1.54, 1.807) is 0 Å². The van der Waals surface area contributed by atoms with Crippen molar-refractivity contribution >= 4 is 5.95 Å². The topological polar surface area (TPSA) is 32.3 Å². The van der Waals surface area contributed by atoms with E-state index in [0.29, 0.717) is 18.0 Å². The second-order valence-corrected chi connectivity index (χ2v) is 7.07. The fourth-order valence-corrected chi connectivity index (χ4v) is 5.08. The monoisotopic (exact) mass is 306 g/mol. The fraction of sp³-hybridized carbons (Fsp3) is 0.474. The maximum Gasteiger partial charge on any atom is 0.225 e. The number of anilines is 1. The summed E-state index contributed by atoms with van der Waals surface area (Å²) in [6, 6.07) is 14.1. The molecule has 4 aliphatic rings. The predicted molar refractivity (Wildman–Crippen MR) is 90.4 cm³/mol. The van der Waals surface area contributed by atoms with Crippen LogP contribution in [0.5, 0.6) is 0 Å². The number of piperidine rings is 3. The molecule has 23 heavy (non-hydrogen) atoms. The first-order valence-electron chi connectivity index (χ1n) is 8.74. The van der Waals surface area contributed by atoms with Crippen LogP contribution in [0.2, 0.25) is 0 Å². The molecule has 0 aliphatic carbocycles. The minimum atomic E-state index is 0.563. The first-order valence-corrected chi connectivity index (χ1v) is 8.74. The minimum absolute atomic E-state index is 0.563. The summed E-state index contributed by atoms with van der Waals surface area (Å²) in [6.45, 7) is 3.56. The zero-order valence-corrected chi connectivity index (χ0v) is 13.3. The lowest BCUT2D eigenvalue weighted by molar-refractivity contribution is 0.0353. The van der Waals surface area contributed by atoms with Crippen molar-refractivity contribution in [2.75, 3.05) is 24.5 Å². The Hall–Kier alpha value is -1.94. The number of fused-ring (bicyclic) bond motifs is 2.